The van der Waals surface area contributed by atoms with E-state index in [9.17, 15) is 0 Å². The molecule has 0 saturated carbocycles. The molecule has 2 heteroatoms. The number of rotatable bonds is 0. The number of pyridine rings is 1. The maximum Gasteiger partial charge on any atom is 0.0375 e. The first-order chi connectivity index (χ1) is 7.75. The average Bonchev–Trinajstić information content (AvgIpc) is 2.35. The molecule has 16 heavy (non-hydrogen) atoms. The van der Waals surface area contributed by atoms with Gasteiger partial charge in [0.1, 0.15) is 0 Å². The van der Waals surface area contributed by atoms with Gasteiger partial charge in [0.2, 0.25) is 0 Å². The number of nitrogens with zero attached hydrogens (tertiary/aromatic N) is 2. The Morgan fingerprint density at radius 2 is 1.75 bits per heavy atom. The molecule has 0 aliphatic carbocycles. The van der Waals surface area contributed by atoms with Crippen molar-refractivity contribution < 1.29 is 0 Å². The van der Waals surface area contributed by atoms with Crippen LogP contribution in [0.5, 0.6) is 0 Å². The van der Waals surface area contributed by atoms with Crippen LogP contribution in [-0.2, 0) is 13.0 Å². The Balaban J connectivity index is 0.000000509. The fraction of sp³-hybridized carbons (Fsp3) is 0.643. The van der Waals surface area contributed by atoms with Crippen LogP contribution >= 0.6 is 0 Å². The summed E-state index contributed by atoms with van der Waals surface area (Å²) in [7, 11) is 2.16. The largest absolute Gasteiger partial charge is 0.302 e. The van der Waals surface area contributed by atoms with Gasteiger partial charge in [0.05, 0.1) is 0 Å². The first-order valence-electron chi connectivity index (χ1n) is 6.38. The third-order valence-electron chi connectivity index (χ3n) is 2.42. The lowest BCUT2D eigenvalue weighted by Gasteiger charge is -2.24. The second-order valence-electron chi connectivity index (χ2n) is 3.58. The maximum atomic E-state index is 4.30. The SMILES string of the molecule is CC.CC.Cc1cc2c(cn1)CN(C)CC2. The Hall–Kier alpha value is -0.890. The second-order valence-corrected chi connectivity index (χ2v) is 3.58. The van der Waals surface area contributed by atoms with Gasteiger partial charge in [-0.2, -0.15) is 0 Å². The number of fused-ring (bicyclic) bond motifs is 1. The maximum absolute atomic E-state index is 4.30. The first kappa shape index (κ1) is 15.1. The summed E-state index contributed by atoms with van der Waals surface area (Å²) in [6, 6.07) is 2.21. The molecule has 2 nitrogen and oxygen atoms in total. The summed E-state index contributed by atoms with van der Waals surface area (Å²) in [4.78, 5) is 6.63. The van der Waals surface area contributed by atoms with E-state index in [1.807, 2.05) is 33.9 Å². The Labute approximate surface area is 101 Å². The molecular weight excluding hydrogens is 196 g/mol. The van der Waals surface area contributed by atoms with E-state index in [1.165, 1.54) is 24.1 Å². The highest BCUT2D eigenvalue weighted by atomic mass is 15.1. The van der Waals surface area contributed by atoms with Gasteiger partial charge in [-0.1, -0.05) is 27.7 Å². The molecule has 0 atom stereocenters. The van der Waals surface area contributed by atoms with Crippen LogP contribution in [0.4, 0.5) is 0 Å². The number of aromatic nitrogens is 1. The molecule has 0 spiro atoms. The van der Waals surface area contributed by atoms with Crippen molar-refractivity contribution in [2.75, 3.05) is 13.6 Å². The van der Waals surface area contributed by atoms with Gasteiger partial charge in [0.25, 0.3) is 0 Å². The lowest BCUT2D eigenvalue weighted by atomic mass is 10.0. The van der Waals surface area contributed by atoms with Crippen molar-refractivity contribution in [3.05, 3.63) is 29.1 Å². The lowest BCUT2D eigenvalue weighted by molar-refractivity contribution is 0.312. The molecule has 2 rings (SSSR count). The normalized spacial score (nSPS) is 13.9. The van der Waals surface area contributed by atoms with Crippen LogP contribution in [0.2, 0.25) is 0 Å². The quantitative estimate of drug-likeness (QED) is 0.668. The van der Waals surface area contributed by atoms with Crippen molar-refractivity contribution in [2.45, 2.75) is 47.6 Å². The molecule has 2 heterocycles. The molecule has 0 N–H and O–H groups in total. The Kier molecular flexibility index (Phi) is 7.82. The van der Waals surface area contributed by atoms with E-state index in [0.29, 0.717) is 0 Å². The van der Waals surface area contributed by atoms with Crippen LogP contribution in [0.15, 0.2) is 12.3 Å². The highest BCUT2D eigenvalue weighted by molar-refractivity contribution is 5.28. The molecular formula is C14H26N2. The van der Waals surface area contributed by atoms with Gasteiger partial charge in [-0.25, -0.2) is 0 Å². The summed E-state index contributed by atoms with van der Waals surface area (Å²) >= 11 is 0. The van der Waals surface area contributed by atoms with E-state index in [1.54, 1.807) is 0 Å². The van der Waals surface area contributed by atoms with Crippen LogP contribution in [-0.4, -0.2) is 23.5 Å². The van der Waals surface area contributed by atoms with Crippen molar-refractivity contribution in [3.63, 3.8) is 0 Å². The minimum Gasteiger partial charge on any atom is -0.302 e. The van der Waals surface area contributed by atoms with E-state index in [-0.39, 0.29) is 0 Å². The van der Waals surface area contributed by atoms with Gasteiger partial charge in [-0.3, -0.25) is 4.98 Å². The third kappa shape index (κ3) is 4.31. The third-order valence-corrected chi connectivity index (χ3v) is 2.42. The van der Waals surface area contributed by atoms with E-state index < -0.39 is 0 Å². The number of likely N-dealkylation sites (N-methyl/N-ethyl adjacent to an activating group) is 1. The number of aryl methyl sites for hydroxylation is 1. The van der Waals surface area contributed by atoms with Gasteiger partial charge in [-0.05, 0) is 37.6 Å². The van der Waals surface area contributed by atoms with E-state index in [2.05, 4.69) is 29.9 Å². The molecule has 0 unspecified atom stereocenters. The lowest BCUT2D eigenvalue weighted by Crippen LogP contribution is -2.26. The topological polar surface area (TPSA) is 16.1 Å². The highest BCUT2D eigenvalue weighted by Gasteiger charge is 2.12. The number of hydrogen-bond donors (Lipinski definition) is 0. The van der Waals surface area contributed by atoms with Crippen LogP contribution in [0.3, 0.4) is 0 Å². The fourth-order valence-electron chi connectivity index (χ4n) is 1.70. The van der Waals surface area contributed by atoms with Gasteiger partial charge >= 0.3 is 0 Å². The predicted octanol–water partition coefficient (Wildman–Crippen LogP) is 3.43. The fourth-order valence-corrected chi connectivity index (χ4v) is 1.70. The summed E-state index contributed by atoms with van der Waals surface area (Å²) in [5.41, 5.74) is 4.02. The van der Waals surface area contributed by atoms with E-state index in [0.717, 1.165) is 12.2 Å². The summed E-state index contributed by atoms with van der Waals surface area (Å²) in [6.07, 6.45) is 3.19. The molecule has 1 aliphatic heterocycles. The predicted molar refractivity (Wildman–Crippen MR) is 71.7 cm³/mol. The van der Waals surface area contributed by atoms with Crippen molar-refractivity contribution in [3.8, 4) is 0 Å². The van der Waals surface area contributed by atoms with Crippen LogP contribution < -0.4 is 0 Å². The zero-order chi connectivity index (χ0) is 12.6. The van der Waals surface area contributed by atoms with Crippen LogP contribution in [0, 0.1) is 6.92 Å². The van der Waals surface area contributed by atoms with E-state index >= 15 is 0 Å². The van der Waals surface area contributed by atoms with Crippen LogP contribution in [0.25, 0.3) is 0 Å². The van der Waals surface area contributed by atoms with Crippen molar-refractivity contribution in [1.82, 2.24) is 9.88 Å². The minimum atomic E-state index is 1.06. The summed E-state index contributed by atoms with van der Waals surface area (Å²) in [5.74, 6) is 0. The average molecular weight is 222 g/mol. The van der Waals surface area contributed by atoms with Crippen molar-refractivity contribution in [2.24, 2.45) is 0 Å². The molecule has 0 amide bonds. The molecule has 1 aliphatic rings. The zero-order valence-corrected chi connectivity index (χ0v) is 11.7. The molecule has 0 bridgehead atoms. The molecule has 0 radical (unpaired) electrons. The van der Waals surface area contributed by atoms with Gasteiger partial charge in [0, 0.05) is 25.0 Å². The molecule has 0 fully saturated rings. The zero-order valence-electron chi connectivity index (χ0n) is 11.7. The second kappa shape index (κ2) is 8.28. The Morgan fingerprint density at radius 1 is 1.12 bits per heavy atom. The minimum absolute atomic E-state index is 1.06. The molecule has 0 saturated heterocycles. The Bertz CT molecular complexity index is 295. The highest BCUT2D eigenvalue weighted by Crippen LogP contribution is 2.16. The summed E-state index contributed by atoms with van der Waals surface area (Å²) < 4.78 is 0. The summed E-state index contributed by atoms with van der Waals surface area (Å²) in [6.45, 7) is 12.3. The summed E-state index contributed by atoms with van der Waals surface area (Å²) in [5, 5.41) is 0. The smallest absolute Gasteiger partial charge is 0.0375 e. The molecule has 92 valence electrons. The van der Waals surface area contributed by atoms with Gasteiger partial charge in [-0.15, -0.1) is 0 Å². The monoisotopic (exact) mass is 222 g/mol. The number of hydrogen-bond acceptors (Lipinski definition) is 2. The van der Waals surface area contributed by atoms with E-state index in [4.69, 9.17) is 0 Å². The Morgan fingerprint density at radius 3 is 2.38 bits per heavy atom. The van der Waals surface area contributed by atoms with Crippen molar-refractivity contribution >= 4 is 0 Å². The molecule has 0 aromatic carbocycles. The van der Waals surface area contributed by atoms with Crippen LogP contribution in [0.1, 0.15) is 44.5 Å². The first-order valence-corrected chi connectivity index (χ1v) is 6.38. The molecule has 1 aromatic rings. The van der Waals surface area contributed by atoms with Gasteiger partial charge in [0.15, 0.2) is 0 Å². The molecule has 1 aromatic heterocycles. The van der Waals surface area contributed by atoms with Gasteiger partial charge < -0.3 is 4.90 Å². The standard InChI is InChI=1S/C10H14N2.2C2H6/c1-8-5-9-3-4-12(2)7-10(9)6-11-8;2*1-2/h5-6H,3-4,7H2,1-2H3;2*1-2H3. The van der Waals surface area contributed by atoms with Crippen molar-refractivity contribution in [1.29, 1.82) is 0 Å².